The number of hydrogen-bond donors (Lipinski definition) is 1. The van der Waals surface area contributed by atoms with E-state index in [1.54, 1.807) is 14.2 Å². The predicted octanol–water partition coefficient (Wildman–Crippen LogP) is 3.32. The molecule has 22 heavy (non-hydrogen) atoms. The van der Waals surface area contributed by atoms with Gasteiger partial charge in [-0.3, -0.25) is 0 Å². The molecule has 2 aromatic rings. The Labute approximate surface area is 131 Å². The lowest BCUT2D eigenvalue weighted by Crippen LogP contribution is -2.26. The Morgan fingerprint density at radius 3 is 2.82 bits per heavy atom. The van der Waals surface area contributed by atoms with Crippen LogP contribution in [0.4, 0.5) is 0 Å². The third kappa shape index (κ3) is 3.02. The van der Waals surface area contributed by atoms with Gasteiger partial charge in [0.05, 0.1) is 20.8 Å². The van der Waals surface area contributed by atoms with Gasteiger partial charge in [0.1, 0.15) is 17.2 Å². The minimum absolute atomic E-state index is 0.303. The first-order chi connectivity index (χ1) is 10.8. The molecule has 0 saturated heterocycles. The molecule has 2 aromatic carbocycles. The second kappa shape index (κ2) is 6.71. The summed E-state index contributed by atoms with van der Waals surface area (Å²) in [6.45, 7) is 1.49. The molecule has 0 aromatic heterocycles. The van der Waals surface area contributed by atoms with Gasteiger partial charge in [-0.25, -0.2) is 0 Å². The molecule has 3 rings (SSSR count). The minimum Gasteiger partial charge on any atom is -0.497 e. The van der Waals surface area contributed by atoms with Crippen molar-refractivity contribution in [1.29, 1.82) is 0 Å². The van der Waals surface area contributed by atoms with Crippen molar-refractivity contribution in [3.8, 4) is 17.2 Å². The molecule has 0 radical (unpaired) electrons. The van der Waals surface area contributed by atoms with Crippen LogP contribution >= 0.6 is 0 Å². The van der Waals surface area contributed by atoms with Gasteiger partial charge < -0.3 is 19.5 Å². The summed E-state index contributed by atoms with van der Waals surface area (Å²) in [6.07, 6.45) is 0.968. The molecule has 0 amide bonds. The first-order valence-electron chi connectivity index (χ1n) is 7.48. The maximum absolute atomic E-state index is 5.70. The summed E-state index contributed by atoms with van der Waals surface area (Å²) in [7, 11) is 3.34. The zero-order valence-corrected chi connectivity index (χ0v) is 13.0. The molecule has 0 unspecified atom stereocenters. The fraction of sp³-hybridized carbons (Fsp3) is 0.333. The summed E-state index contributed by atoms with van der Waals surface area (Å²) < 4.78 is 16.4. The Bertz CT molecular complexity index is 642. The van der Waals surface area contributed by atoms with Crippen molar-refractivity contribution < 1.29 is 14.2 Å². The molecule has 1 aliphatic rings. The van der Waals surface area contributed by atoms with E-state index in [1.807, 2.05) is 30.3 Å². The van der Waals surface area contributed by atoms with Crippen LogP contribution in [-0.4, -0.2) is 20.8 Å². The van der Waals surface area contributed by atoms with Gasteiger partial charge in [-0.2, -0.15) is 0 Å². The molecule has 0 spiro atoms. The van der Waals surface area contributed by atoms with Gasteiger partial charge in [-0.15, -0.1) is 0 Å². The van der Waals surface area contributed by atoms with Crippen LogP contribution in [0.3, 0.4) is 0 Å². The van der Waals surface area contributed by atoms with E-state index >= 15 is 0 Å². The summed E-state index contributed by atoms with van der Waals surface area (Å²) in [5, 5.41) is 3.61. The lowest BCUT2D eigenvalue weighted by Gasteiger charge is -2.27. The number of fused-ring (bicyclic) bond motifs is 1. The summed E-state index contributed by atoms with van der Waals surface area (Å²) >= 11 is 0. The Balaban J connectivity index is 1.73. The number of para-hydroxylation sites is 1. The molecule has 1 atom stereocenters. The second-order valence-electron chi connectivity index (χ2n) is 5.29. The number of ether oxygens (including phenoxy) is 3. The van der Waals surface area contributed by atoms with E-state index in [2.05, 4.69) is 17.4 Å². The van der Waals surface area contributed by atoms with E-state index in [0.29, 0.717) is 6.04 Å². The van der Waals surface area contributed by atoms with E-state index in [-0.39, 0.29) is 0 Å². The highest BCUT2D eigenvalue weighted by molar-refractivity contribution is 5.41. The molecule has 116 valence electrons. The number of methoxy groups -OCH3 is 2. The molecule has 4 nitrogen and oxygen atoms in total. The van der Waals surface area contributed by atoms with E-state index < -0.39 is 0 Å². The normalized spacial score (nSPS) is 16.5. The Hall–Kier alpha value is -2.20. The topological polar surface area (TPSA) is 39.7 Å². The zero-order chi connectivity index (χ0) is 15.4. The van der Waals surface area contributed by atoms with E-state index in [1.165, 1.54) is 5.56 Å². The third-order valence-electron chi connectivity index (χ3n) is 3.99. The largest absolute Gasteiger partial charge is 0.497 e. The standard InChI is InChI=1S/C18H21NO3/c1-20-14-8-7-13(18(11-14)21-2)12-19-16-9-10-22-17-6-4-3-5-15(16)17/h3-8,11,16,19H,9-10,12H2,1-2H3/t16-/m1/s1. The van der Waals surface area contributed by atoms with Crippen molar-refractivity contribution in [2.24, 2.45) is 0 Å². The molecule has 0 fully saturated rings. The van der Waals surface area contributed by atoms with Crippen molar-refractivity contribution in [2.45, 2.75) is 19.0 Å². The molecule has 0 bridgehead atoms. The summed E-state index contributed by atoms with van der Waals surface area (Å²) in [5.41, 5.74) is 2.34. The lowest BCUT2D eigenvalue weighted by atomic mass is 10.0. The maximum Gasteiger partial charge on any atom is 0.127 e. The van der Waals surface area contributed by atoms with Crippen LogP contribution in [0.5, 0.6) is 17.2 Å². The number of nitrogens with one attached hydrogen (secondary N) is 1. The van der Waals surface area contributed by atoms with Gasteiger partial charge in [-0.05, 0) is 12.1 Å². The average Bonchev–Trinajstić information content (AvgIpc) is 2.59. The van der Waals surface area contributed by atoms with Crippen molar-refractivity contribution >= 4 is 0 Å². The van der Waals surface area contributed by atoms with Crippen LogP contribution in [0.25, 0.3) is 0 Å². The van der Waals surface area contributed by atoms with Gasteiger partial charge in [0.2, 0.25) is 0 Å². The monoisotopic (exact) mass is 299 g/mol. The molecule has 1 heterocycles. The first kappa shape index (κ1) is 14.7. The van der Waals surface area contributed by atoms with Crippen LogP contribution in [0.1, 0.15) is 23.6 Å². The van der Waals surface area contributed by atoms with Crippen LogP contribution in [0.2, 0.25) is 0 Å². The van der Waals surface area contributed by atoms with E-state index in [4.69, 9.17) is 14.2 Å². The van der Waals surface area contributed by atoms with E-state index in [0.717, 1.165) is 42.4 Å². The average molecular weight is 299 g/mol. The summed E-state index contributed by atoms with van der Waals surface area (Å²) in [6, 6.07) is 14.4. The molecule has 4 heteroatoms. The molecule has 0 saturated carbocycles. The maximum atomic E-state index is 5.70. The van der Waals surface area contributed by atoms with Gasteiger partial charge in [-0.1, -0.05) is 24.3 Å². The van der Waals surface area contributed by atoms with Crippen LogP contribution in [-0.2, 0) is 6.54 Å². The number of rotatable bonds is 5. The predicted molar refractivity (Wildman–Crippen MR) is 85.7 cm³/mol. The molecule has 1 N–H and O–H groups in total. The van der Waals surface area contributed by atoms with Gasteiger partial charge >= 0.3 is 0 Å². The summed E-state index contributed by atoms with van der Waals surface area (Å²) in [4.78, 5) is 0. The zero-order valence-electron chi connectivity index (χ0n) is 13.0. The minimum atomic E-state index is 0.303. The SMILES string of the molecule is COc1ccc(CN[C@@H]2CCOc3ccccc32)c(OC)c1. The van der Waals surface area contributed by atoms with Crippen molar-refractivity contribution in [2.75, 3.05) is 20.8 Å². The fourth-order valence-electron chi connectivity index (χ4n) is 2.79. The van der Waals surface area contributed by atoms with E-state index in [9.17, 15) is 0 Å². The smallest absolute Gasteiger partial charge is 0.127 e. The lowest BCUT2D eigenvalue weighted by molar-refractivity contribution is 0.252. The quantitative estimate of drug-likeness (QED) is 0.919. The van der Waals surface area contributed by atoms with Gasteiger partial charge in [0, 0.05) is 36.2 Å². The molecular formula is C18H21NO3. The second-order valence-corrected chi connectivity index (χ2v) is 5.29. The van der Waals surface area contributed by atoms with Crippen LogP contribution in [0.15, 0.2) is 42.5 Å². The third-order valence-corrected chi connectivity index (χ3v) is 3.99. The highest BCUT2D eigenvalue weighted by atomic mass is 16.5. The molecule has 0 aliphatic carbocycles. The van der Waals surface area contributed by atoms with Crippen molar-refractivity contribution in [3.05, 3.63) is 53.6 Å². The van der Waals surface area contributed by atoms with Crippen molar-refractivity contribution in [1.82, 2.24) is 5.32 Å². The van der Waals surface area contributed by atoms with Gasteiger partial charge in [0.25, 0.3) is 0 Å². The highest BCUT2D eigenvalue weighted by Crippen LogP contribution is 2.32. The number of hydrogen-bond acceptors (Lipinski definition) is 4. The molecular weight excluding hydrogens is 278 g/mol. The van der Waals surface area contributed by atoms with Crippen LogP contribution < -0.4 is 19.5 Å². The van der Waals surface area contributed by atoms with Gasteiger partial charge in [0.15, 0.2) is 0 Å². The van der Waals surface area contributed by atoms with Crippen LogP contribution in [0, 0.1) is 0 Å². The first-order valence-corrected chi connectivity index (χ1v) is 7.48. The summed E-state index contributed by atoms with van der Waals surface area (Å²) in [5.74, 6) is 2.62. The Kier molecular flexibility index (Phi) is 4.49. The highest BCUT2D eigenvalue weighted by Gasteiger charge is 2.20. The fourth-order valence-corrected chi connectivity index (χ4v) is 2.79. The Morgan fingerprint density at radius 1 is 1.14 bits per heavy atom. The Morgan fingerprint density at radius 2 is 2.00 bits per heavy atom. The molecule has 1 aliphatic heterocycles. The van der Waals surface area contributed by atoms with Crippen molar-refractivity contribution in [3.63, 3.8) is 0 Å². The number of benzene rings is 2.